The molecule has 5 heteroatoms. The third kappa shape index (κ3) is 5.57. The summed E-state index contributed by atoms with van der Waals surface area (Å²) in [5, 5.41) is 9.46. The van der Waals surface area contributed by atoms with Gasteiger partial charge in [0.25, 0.3) is 0 Å². The van der Waals surface area contributed by atoms with Crippen molar-refractivity contribution in [3.05, 3.63) is 36.0 Å². The van der Waals surface area contributed by atoms with Crippen molar-refractivity contribution in [3.8, 4) is 5.75 Å². The van der Waals surface area contributed by atoms with Crippen molar-refractivity contribution in [3.63, 3.8) is 0 Å². The number of hydrogen-bond donors (Lipinski definition) is 3. The Bertz CT molecular complexity index is 592. The van der Waals surface area contributed by atoms with Crippen LogP contribution in [0.4, 0.5) is 4.79 Å². The lowest BCUT2D eigenvalue weighted by Crippen LogP contribution is -2.62. The number of amides is 2. The first-order chi connectivity index (χ1) is 11.2. The van der Waals surface area contributed by atoms with E-state index in [0.717, 1.165) is 24.2 Å². The van der Waals surface area contributed by atoms with Crippen LogP contribution < -0.4 is 20.7 Å². The van der Waals surface area contributed by atoms with Gasteiger partial charge in [-0.15, -0.1) is 0 Å². The van der Waals surface area contributed by atoms with Gasteiger partial charge in [0.2, 0.25) is 0 Å². The van der Waals surface area contributed by atoms with Gasteiger partial charge >= 0.3 is 6.03 Å². The van der Waals surface area contributed by atoms with E-state index in [1.807, 2.05) is 30.3 Å². The van der Waals surface area contributed by atoms with E-state index < -0.39 is 0 Å². The number of ether oxygens (including phenoxy) is 1. The monoisotopic (exact) mass is 331 g/mol. The normalized spacial score (nSPS) is 19.9. The Balaban J connectivity index is 1.87. The Hall–Kier alpha value is -2.01. The molecule has 1 saturated heterocycles. The quantitative estimate of drug-likeness (QED) is 0.793. The Morgan fingerprint density at radius 2 is 1.92 bits per heavy atom. The fraction of sp³-hybridized carbons (Fsp3) is 0.526. The first kappa shape index (κ1) is 18.3. The molecule has 0 spiro atoms. The van der Waals surface area contributed by atoms with Gasteiger partial charge in [-0.2, -0.15) is 0 Å². The zero-order valence-electron chi connectivity index (χ0n) is 15.3. The molecule has 0 atom stereocenters. The molecule has 0 unspecified atom stereocenters. The van der Waals surface area contributed by atoms with Crippen LogP contribution in [0.2, 0.25) is 0 Å². The van der Waals surface area contributed by atoms with Crippen LogP contribution in [0, 0.1) is 0 Å². The second kappa shape index (κ2) is 7.26. The number of carbonyl (C=O) groups excluding carboxylic acids is 1. The van der Waals surface area contributed by atoms with Crippen molar-refractivity contribution >= 4 is 12.1 Å². The van der Waals surface area contributed by atoms with Crippen LogP contribution in [-0.2, 0) is 0 Å². The van der Waals surface area contributed by atoms with Crippen LogP contribution in [0.1, 0.15) is 46.1 Å². The van der Waals surface area contributed by atoms with E-state index in [1.165, 1.54) is 0 Å². The van der Waals surface area contributed by atoms with Crippen molar-refractivity contribution in [2.45, 2.75) is 57.7 Å². The zero-order valence-corrected chi connectivity index (χ0v) is 15.3. The number of carbonyl (C=O) groups is 1. The predicted octanol–water partition coefficient (Wildman–Crippen LogP) is 3.27. The lowest BCUT2D eigenvalue weighted by Gasteiger charge is -2.46. The number of urea groups is 1. The molecule has 0 bridgehead atoms. The Morgan fingerprint density at radius 3 is 2.54 bits per heavy atom. The van der Waals surface area contributed by atoms with Crippen LogP contribution in [0.3, 0.4) is 0 Å². The molecule has 1 aromatic carbocycles. The maximum absolute atomic E-state index is 12.1. The fourth-order valence-electron chi connectivity index (χ4n) is 3.61. The molecule has 0 aromatic heterocycles. The first-order valence-electron chi connectivity index (χ1n) is 8.36. The molecule has 3 N–H and O–H groups in total. The van der Waals surface area contributed by atoms with Crippen LogP contribution >= 0.6 is 0 Å². The first-order valence-corrected chi connectivity index (χ1v) is 8.36. The minimum atomic E-state index is -0.173. The largest absolute Gasteiger partial charge is 0.497 e. The van der Waals surface area contributed by atoms with E-state index in [4.69, 9.17) is 4.74 Å². The average molecular weight is 331 g/mol. The highest BCUT2D eigenvalue weighted by atomic mass is 16.5. The number of piperidine rings is 1. The molecule has 1 aliphatic heterocycles. The van der Waals surface area contributed by atoms with Crippen molar-refractivity contribution in [2.75, 3.05) is 7.11 Å². The Kier molecular flexibility index (Phi) is 5.54. The maximum atomic E-state index is 12.1. The smallest absolute Gasteiger partial charge is 0.318 e. The van der Waals surface area contributed by atoms with E-state index in [2.05, 4.69) is 43.6 Å². The summed E-state index contributed by atoms with van der Waals surface area (Å²) >= 11 is 0. The number of nitrogens with one attached hydrogen (secondary N) is 3. The highest BCUT2D eigenvalue weighted by molar-refractivity contribution is 5.76. The van der Waals surface area contributed by atoms with Gasteiger partial charge in [-0.25, -0.2) is 4.79 Å². The summed E-state index contributed by atoms with van der Waals surface area (Å²) in [6.45, 7) is 8.68. The molecule has 132 valence electrons. The highest BCUT2D eigenvalue weighted by Gasteiger charge is 2.38. The molecule has 2 rings (SSSR count). The zero-order chi connectivity index (χ0) is 17.8. The molecule has 0 radical (unpaired) electrons. The third-order valence-corrected chi connectivity index (χ3v) is 4.11. The number of rotatable bonds is 4. The molecule has 0 aliphatic carbocycles. The van der Waals surface area contributed by atoms with E-state index in [1.54, 1.807) is 13.3 Å². The van der Waals surface area contributed by atoms with Gasteiger partial charge < -0.3 is 20.7 Å². The summed E-state index contributed by atoms with van der Waals surface area (Å²) in [5.74, 6) is 0.792. The minimum Gasteiger partial charge on any atom is -0.497 e. The van der Waals surface area contributed by atoms with Crippen LogP contribution in [0.5, 0.6) is 5.75 Å². The molecule has 1 aromatic rings. The number of hydrogen-bond acceptors (Lipinski definition) is 3. The topological polar surface area (TPSA) is 62.4 Å². The predicted molar refractivity (Wildman–Crippen MR) is 98.0 cm³/mol. The summed E-state index contributed by atoms with van der Waals surface area (Å²) in [7, 11) is 1.64. The van der Waals surface area contributed by atoms with Gasteiger partial charge in [-0.3, -0.25) is 0 Å². The molecule has 1 heterocycles. The fourth-order valence-corrected chi connectivity index (χ4v) is 3.61. The minimum absolute atomic E-state index is 0.0100. The molecule has 24 heavy (non-hydrogen) atoms. The van der Waals surface area contributed by atoms with Gasteiger partial charge in [0.1, 0.15) is 5.75 Å². The number of benzene rings is 1. The average Bonchev–Trinajstić information content (AvgIpc) is 2.44. The van der Waals surface area contributed by atoms with Crippen molar-refractivity contribution in [1.82, 2.24) is 16.0 Å². The molecule has 5 nitrogen and oxygen atoms in total. The van der Waals surface area contributed by atoms with Crippen molar-refractivity contribution in [2.24, 2.45) is 0 Å². The van der Waals surface area contributed by atoms with E-state index >= 15 is 0 Å². The summed E-state index contributed by atoms with van der Waals surface area (Å²) in [5.41, 5.74) is 0.991. The van der Waals surface area contributed by atoms with Gasteiger partial charge in [-0.05, 0) is 64.3 Å². The van der Waals surface area contributed by atoms with Gasteiger partial charge in [0.05, 0.1) is 7.11 Å². The summed E-state index contributed by atoms with van der Waals surface area (Å²) < 4.78 is 5.18. The van der Waals surface area contributed by atoms with E-state index in [9.17, 15) is 4.79 Å². The van der Waals surface area contributed by atoms with Crippen molar-refractivity contribution < 1.29 is 9.53 Å². The molecular formula is C19H29N3O2. The molecule has 2 amide bonds. The van der Waals surface area contributed by atoms with E-state index in [0.29, 0.717) is 0 Å². The van der Waals surface area contributed by atoms with Crippen LogP contribution in [-0.4, -0.2) is 30.3 Å². The maximum Gasteiger partial charge on any atom is 0.318 e. The van der Waals surface area contributed by atoms with Crippen molar-refractivity contribution in [1.29, 1.82) is 0 Å². The van der Waals surface area contributed by atoms with E-state index in [-0.39, 0.29) is 23.2 Å². The van der Waals surface area contributed by atoms with Gasteiger partial charge in [-0.1, -0.05) is 12.1 Å². The second-order valence-electron chi connectivity index (χ2n) is 7.73. The lowest BCUT2D eigenvalue weighted by atomic mass is 9.80. The SMILES string of the molecule is COc1cccc(/C=C/NC(=O)NC2CC(C)(C)NC(C)(C)C2)c1. The Morgan fingerprint density at radius 1 is 1.25 bits per heavy atom. The Labute approximate surface area is 144 Å². The standard InChI is InChI=1S/C19H29N3O2/c1-18(2)12-15(13-19(3,4)22-18)21-17(23)20-10-9-14-7-6-8-16(11-14)24-5/h6-11,15,22H,12-13H2,1-5H3,(H2,20,21,23)/b10-9+. The van der Waals surface area contributed by atoms with Crippen LogP contribution in [0.15, 0.2) is 30.5 Å². The number of methoxy groups -OCH3 is 1. The molecule has 0 saturated carbocycles. The second-order valence-corrected chi connectivity index (χ2v) is 7.73. The molecule has 1 aliphatic rings. The van der Waals surface area contributed by atoms with Gasteiger partial charge in [0, 0.05) is 23.3 Å². The lowest BCUT2D eigenvalue weighted by molar-refractivity contribution is 0.148. The highest BCUT2D eigenvalue weighted by Crippen LogP contribution is 2.28. The third-order valence-electron chi connectivity index (χ3n) is 4.11. The summed E-state index contributed by atoms with van der Waals surface area (Å²) in [6.07, 6.45) is 5.31. The summed E-state index contributed by atoms with van der Waals surface area (Å²) in [4.78, 5) is 12.1. The molecular weight excluding hydrogens is 302 g/mol. The summed E-state index contributed by atoms with van der Waals surface area (Å²) in [6, 6.07) is 7.65. The molecule has 1 fully saturated rings. The van der Waals surface area contributed by atoms with Crippen LogP contribution in [0.25, 0.3) is 6.08 Å². The van der Waals surface area contributed by atoms with Gasteiger partial charge in [0.15, 0.2) is 0 Å².